The fourth-order valence-electron chi connectivity index (χ4n) is 1.56. The molecule has 1 aliphatic heterocycles. The van der Waals surface area contributed by atoms with Crippen molar-refractivity contribution >= 4 is 5.91 Å². The quantitative estimate of drug-likeness (QED) is 0.645. The lowest BCUT2D eigenvalue weighted by atomic mass is 10.3. The number of nitrogens with zero attached hydrogens (tertiary/aromatic N) is 4. The molecule has 1 fully saturated rings. The third-order valence-electron chi connectivity index (χ3n) is 2.32. The Morgan fingerprint density at radius 3 is 2.79 bits per heavy atom. The van der Waals surface area contributed by atoms with Crippen LogP contribution in [-0.4, -0.2) is 44.9 Å². The molecule has 2 N–H and O–H groups in total. The van der Waals surface area contributed by atoms with E-state index in [1.54, 1.807) is 17.3 Å². The number of amides is 1. The van der Waals surface area contributed by atoms with E-state index in [-0.39, 0.29) is 18.5 Å². The predicted molar refractivity (Wildman–Crippen MR) is 49.2 cm³/mol. The van der Waals surface area contributed by atoms with E-state index in [9.17, 15) is 4.79 Å². The summed E-state index contributed by atoms with van der Waals surface area (Å²) in [5.41, 5.74) is 5.70. The van der Waals surface area contributed by atoms with Crippen LogP contribution in [0.5, 0.6) is 0 Å². The van der Waals surface area contributed by atoms with Gasteiger partial charge in [0.2, 0.25) is 5.91 Å². The van der Waals surface area contributed by atoms with Gasteiger partial charge in [-0.2, -0.15) is 15.0 Å². The summed E-state index contributed by atoms with van der Waals surface area (Å²) in [6, 6.07) is 0.129. The molecular weight excluding hydrogens is 182 g/mol. The van der Waals surface area contributed by atoms with E-state index in [0.717, 1.165) is 13.0 Å². The molecule has 0 radical (unpaired) electrons. The van der Waals surface area contributed by atoms with E-state index in [4.69, 9.17) is 5.73 Å². The van der Waals surface area contributed by atoms with Crippen LogP contribution in [0.3, 0.4) is 0 Å². The first-order valence-electron chi connectivity index (χ1n) is 4.63. The lowest BCUT2D eigenvalue weighted by molar-refractivity contribution is -0.131. The van der Waals surface area contributed by atoms with Crippen LogP contribution < -0.4 is 5.73 Å². The summed E-state index contributed by atoms with van der Waals surface area (Å²) < 4.78 is 0. The molecule has 0 aromatic carbocycles. The molecule has 1 aliphatic rings. The largest absolute Gasteiger partial charge is 0.339 e. The monoisotopic (exact) mass is 195 g/mol. The zero-order chi connectivity index (χ0) is 9.97. The number of rotatable bonds is 2. The highest BCUT2D eigenvalue weighted by molar-refractivity contribution is 5.76. The second-order valence-electron chi connectivity index (χ2n) is 3.45. The minimum atomic E-state index is 0.0363. The summed E-state index contributed by atoms with van der Waals surface area (Å²) in [6.07, 6.45) is 4.00. The van der Waals surface area contributed by atoms with Crippen molar-refractivity contribution in [1.29, 1.82) is 0 Å². The maximum atomic E-state index is 11.6. The maximum absolute atomic E-state index is 11.6. The van der Waals surface area contributed by atoms with Crippen molar-refractivity contribution in [2.24, 2.45) is 5.73 Å². The lowest BCUT2D eigenvalue weighted by Crippen LogP contribution is -2.34. The Balaban J connectivity index is 1.90. The standard InChI is InChI=1S/C8H13N5O/c9-7-1-4-12(5-7)8(14)6-13-10-2-3-11-13/h2-3,7H,1,4-6,9H2/t7-/m1/s1. The highest BCUT2D eigenvalue weighted by Crippen LogP contribution is 2.07. The molecule has 76 valence electrons. The molecule has 2 heterocycles. The molecule has 6 nitrogen and oxygen atoms in total. The van der Waals surface area contributed by atoms with Crippen molar-refractivity contribution in [2.45, 2.75) is 19.0 Å². The summed E-state index contributed by atoms with van der Waals surface area (Å²) in [5, 5.41) is 7.75. The Bertz CT molecular complexity index is 310. The average molecular weight is 195 g/mol. The molecule has 6 heteroatoms. The zero-order valence-corrected chi connectivity index (χ0v) is 7.83. The number of likely N-dealkylation sites (tertiary alicyclic amines) is 1. The molecular formula is C8H13N5O. The number of carbonyl (C=O) groups excluding carboxylic acids is 1. The lowest BCUT2D eigenvalue weighted by Gasteiger charge is -2.14. The van der Waals surface area contributed by atoms with Crippen molar-refractivity contribution in [3.63, 3.8) is 0 Å². The molecule has 0 spiro atoms. The average Bonchev–Trinajstić information content (AvgIpc) is 2.75. The third kappa shape index (κ3) is 1.90. The topological polar surface area (TPSA) is 77.0 Å². The van der Waals surface area contributed by atoms with Gasteiger partial charge in [0.05, 0.1) is 12.4 Å². The van der Waals surface area contributed by atoms with Crippen LogP contribution in [0.1, 0.15) is 6.42 Å². The van der Waals surface area contributed by atoms with Crippen molar-refractivity contribution in [3.05, 3.63) is 12.4 Å². The van der Waals surface area contributed by atoms with Crippen LogP contribution in [0.25, 0.3) is 0 Å². The number of carbonyl (C=O) groups is 1. The molecule has 14 heavy (non-hydrogen) atoms. The summed E-state index contributed by atoms with van der Waals surface area (Å²) in [7, 11) is 0. The molecule has 2 rings (SSSR count). The second kappa shape index (κ2) is 3.75. The molecule has 1 saturated heterocycles. The Kier molecular flexibility index (Phi) is 2.45. The van der Waals surface area contributed by atoms with Crippen LogP contribution in [0.2, 0.25) is 0 Å². The van der Waals surface area contributed by atoms with E-state index in [1.165, 1.54) is 4.80 Å². The first-order chi connectivity index (χ1) is 6.75. The van der Waals surface area contributed by atoms with Gasteiger partial charge in [-0.3, -0.25) is 4.79 Å². The van der Waals surface area contributed by atoms with Crippen molar-refractivity contribution in [2.75, 3.05) is 13.1 Å². The molecule has 0 bridgehead atoms. The van der Waals surface area contributed by atoms with Crippen LogP contribution in [-0.2, 0) is 11.3 Å². The second-order valence-corrected chi connectivity index (χ2v) is 3.45. The first kappa shape index (κ1) is 9.14. The van der Waals surface area contributed by atoms with Gasteiger partial charge >= 0.3 is 0 Å². The Morgan fingerprint density at radius 1 is 1.50 bits per heavy atom. The predicted octanol–water partition coefficient (Wildman–Crippen LogP) is -1.16. The van der Waals surface area contributed by atoms with Gasteiger partial charge < -0.3 is 10.6 Å². The molecule has 1 aromatic heterocycles. The van der Waals surface area contributed by atoms with Gasteiger partial charge in [0.25, 0.3) is 0 Å². The molecule has 0 saturated carbocycles. The summed E-state index contributed by atoms with van der Waals surface area (Å²) in [5.74, 6) is 0.0363. The Labute approximate surface area is 81.7 Å². The number of nitrogens with two attached hydrogens (primary N) is 1. The number of hydrogen-bond donors (Lipinski definition) is 1. The van der Waals surface area contributed by atoms with Gasteiger partial charge in [0.15, 0.2) is 0 Å². The van der Waals surface area contributed by atoms with E-state index in [2.05, 4.69) is 10.2 Å². The molecule has 1 atom stereocenters. The normalized spacial score (nSPS) is 21.5. The summed E-state index contributed by atoms with van der Waals surface area (Å²) in [4.78, 5) is 14.8. The molecule has 0 unspecified atom stereocenters. The molecule has 1 aromatic rings. The SMILES string of the molecule is N[C@@H]1CCN(C(=O)Cn2nccn2)C1. The molecule has 0 aliphatic carbocycles. The Hall–Kier alpha value is -1.43. The first-order valence-corrected chi connectivity index (χ1v) is 4.63. The Morgan fingerprint density at radius 2 is 2.21 bits per heavy atom. The van der Waals surface area contributed by atoms with E-state index in [0.29, 0.717) is 6.54 Å². The van der Waals surface area contributed by atoms with Gasteiger partial charge in [-0.05, 0) is 6.42 Å². The third-order valence-corrected chi connectivity index (χ3v) is 2.32. The minimum Gasteiger partial charge on any atom is -0.339 e. The fraction of sp³-hybridized carbons (Fsp3) is 0.625. The van der Waals surface area contributed by atoms with Gasteiger partial charge in [0, 0.05) is 19.1 Å². The highest BCUT2D eigenvalue weighted by atomic mass is 16.2. The molecule has 1 amide bonds. The maximum Gasteiger partial charge on any atom is 0.246 e. The van der Waals surface area contributed by atoms with Crippen molar-refractivity contribution in [3.8, 4) is 0 Å². The summed E-state index contributed by atoms with van der Waals surface area (Å²) >= 11 is 0. The van der Waals surface area contributed by atoms with Gasteiger partial charge in [-0.1, -0.05) is 0 Å². The van der Waals surface area contributed by atoms with Crippen molar-refractivity contribution < 1.29 is 4.79 Å². The van der Waals surface area contributed by atoms with E-state index >= 15 is 0 Å². The van der Waals surface area contributed by atoms with Crippen LogP contribution in [0, 0.1) is 0 Å². The highest BCUT2D eigenvalue weighted by Gasteiger charge is 2.23. The van der Waals surface area contributed by atoms with E-state index in [1.807, 2.05) is 0 Å². The van der Waals surface area contributed by atoms with Gasteiger partial charge in [-0.15, -0.1) is 0 Å². The number of aromatic nitrogens is 3. The fourth-order valence-corrected chi connectivity index (χ4v) is 1.56. The summed E-state index contributed by atoms with van der Waals surface area (Å²) in [6.45, 7) is 1.61. The van der Waals surface area contributed by atoms with Gasteiger partial charge in [0.1, 0.15) is 6.54 Å². The van der Waals surface area contributed by atoms with Crippen LogP contribution >= 0.6 is 0 Å². The van der Waals surface area contributed by atoms with E-state index < -0.39 is 0 Å². The number of hydrogen-bond acceptors (Lipinski definition) is 4. The van der Waals surface area contributed by atoms with Crippen LogP contribution in [0.4, 0.5) is 0 Å². The smallest absolute Gasteiger partial charge is 0.246 e. The van der Waals surface area contributed by atoms with Gasteiger partial charge in [-0.25, -0.2) is 0 Å². The minimum absolute atomic E-state index is 0.0363. The van der Waals surface area contributed by atoms with Crippen LogP contribution in [0.15, 0.2) is 12.4 Å². The zero-order valence-electron chi connectivity index (χ0n) is 7.83. The van der Waals surface area contributed by atoms with Crippen molar-refractivity contribution in [1.82, 2.24) is 19.9 Å².